The fraction of sp³-hybridized carbons (Fsp3) is 0.222. The van der Waals surface area contributed by atoms with Crippen molar-refractivity contribution in [2.75, 3.05) is 0 Å². The zero-order valence-corrected chi connectivity index (χ0v) is 25.6. The third kappa shape index (κ3) is 10.6. The maximum atomic E-state index is 12.6. The molecule has 0 saturated heterocycles. The standard InChI is InChI=1S/C23H21F3N6O2.C4H2BrIN2/c24-23(25,26)18-7-4-17(5-8-18)6-9-22-30-19(16-34-22)15-33-20-13-27-21(28-14-20)3-1-2-11-32-12-10-29-31-32;5-3-1-7-4(6)8-2-3/h4-10,12-14,16H,1-3,11,15H2;1-2H. The Balaban J connectivity index is 0.000000437. The van der Waals surface area contributed by atoms with E-state index >= 15 is 0 Å². The molecule has 0 saturated carbocycles. The van der Waals surface area contributed by atoms with Crippen molar-refractivity contribution < 1.29 is 22.3 Å². The number of oxazole rings is 1. The van der Waals surface area contributed by atoms with E-state index in [1.807, 2.05) is 6.20 Å². The van der Waals surface area contributed by atoms with E-state index in [1.165, 1.54) is 18.4 Å². The Hall–Kier alpha value is -3.73. The number of ether oxygens (including phenoxy) is 1. The molecule has 0 radical (unpaired) electrons. The van der Waals surface area contributed by atoms with Crippen LogP contribution in [0.15, 0.2) is 76.6 Å². The normalized spacial score (nSPS) is 11.4. The number of benzene rings is 1. The van der Waals surface area contributed by atoms with Crippen molar-refractivity contribution in [1.29, 1.82) is 0 Å². The van der Waals surface area contributed by atoms with Crippen LogP contribution >= 0.6 is 38.5 Å². The number of unbranched alkanes of at least 4 members (excludes halogenated alkanes) is 1. The van der Waals surface area contributed by atoms with E-state index in [9.17, 15) is 13.2 Å². The van der Waals surface area contributed by atoms with Crippen molar-refractivity contribution in [1.82, 2.24) is 39.9 Å². The predicted octanol–water partition coefficient (Wildman–Crippen LogP) is 6.69. The number of nitrogens with zero attached hydrogens (tertiary/aromatic N) is 8. The second-order valence-corrected chi connectivity index (χ2v) is 10.4. The van der Waals surface area contributed by atoms with Crippen LogP contribution in [0.5, 0.6) is 5.75 Å². The molecular formula is C27H23BrF3IN8O2. The predicted molar refractivity (Wildman–Crippen MR) is 159 cm³/mol. The summed E-state index contributed by atoms with van der Waals surface area (Å²) in [5.41, 5.74) is 0.462. The summed E-state index contributed by atoms with van der Waals surface area (Å²) in [5, 5.41) is 7.69. The average Bonchev–Trinajstić information content (AvgIpc) is 3.68. The minimum Gasteiger partial charge on any atom is -0.484 e. The maximum Gasteiger partial charge on any atom is 0.416 e. The van der Waals surface area contributed by atoms with Crippen LogP contribution in [0.25, 0.3) is 12.2 Å². The van der Waals surface area contributed by atoms with Gasteiger partial charge in [0.1, 0.15) is 24.4 Å². The summed E-state index contributed by atoms with van der Waals surface area (Å²) < 4.78 is 52.4. The molecule has 218 valence electrons. The van der Waals surface area contributed by atoms with Gasteiger partial charge in [-0.1, -0.05) is 17.3 Å². The van der Waals surface area contributed by atoms with Gasteiger partial charge in [-0.25, -0.2) is 24.9 Å². The Morgan fingerprint density at radius 3 is 2.36 bits per heavy atom. The number of alkyl halides is 3. The van der Waals surface area contributed by atoms with Gasteiger partial charge in [-0.3, -0.25) is 4.68 Å². The second-order valence-electron chi connectivity index (χ2n) is 8.55. The van der Waals surface area contributed by atoms with Gasteiger partial charge in [0, 0.05) is 60.2 Å². The highest BCUT2D eigenvalue weighted by Gasteiger charge is 2.29. The van der Waals surface area contributed by atoms with Gasteiger partial charge in [-0.05, 0) is 52.5 Å². The number of rotatable bonds is 10. The SMILES string of the molecule is Brc1cnc(I)nc1.FC(F)(F)c1ccc(C=Cc2nc(COc3cnc(CCCCn4ccnn4)nc3)co2)cc1. The molecule has 0 N–H and O–H groups in total. The lowest BCUT2D eigenvalue weighted by molar-refractivity contribution is -0.137. The van der Waals surface area contributed by atoms with E-state index < -0.39 is 11.7 Å². The van der Waals surface area contributed by atoms with Crippen molar-refractivity contribution >= 4 is 50.7 Å². The minimum absolute atomic E-state index is 0.165. The Morgan fingerprint density at radius 1 is 0.976 bits per heavy atom. The first-order valence-corrected chi connectivity index (χ1v) is 14.3. The quantitative estimate of drug-likeness (QED) is 0.0874. The molecule has 1 aromatic carbocycles. The highest BCUT2D eigenvalue weighted by molar-refractivity contribution is 14.1. The summed E-state index contributed by atoms with van der Waals surface area (Å²) in [7, 11) is 0. The molecule has 0 bridgehead atoms. The van der Waals surface area contributed by atoms with Gasteiger partial charge in [0.25, 0.3) is 0 Å². The maximum absolute atomic E-state index is 12.6. The van der Waals surface area contributed by atoms with Crippen LogP contribution in [0.3, 0.4) is 0 Å². The molecule has 42 heavy (non-hydrogen) atoms. The Kier molecular flexibility index (Phi) is 11.5. The summed E-state index contributed by atoms with van der Waals surface area (Å²) in [6.07, 6.45) is 13.1. The zero-order chi connectivity index (χ0) is 29.8. The van der Waals surface area contributed by atoms with Crippen LogP contribution in [-0.4, -0.2) is 39.9 Å². The van der Waals surface area contributed by atoms with Crippen LogP contribution in [0.1, 0.15) is 41.4 Å². The first kappa shape index (κ1) is 31.2. The molecule has 0 atom stereocenters. The Morgan fingerprint density at radius 2 is 1.71 bits per heavy atom. The summed E-state index contributed by atoms with van der Waals surface area (Å²) in [6, 6.07) is 4.82. The molecular weight excluding hydrogens is 732 g/mol. The monoisotopic (exact) mass is 754 g/mol. The van der Waals surface area contributed by atoms with Crippen LogP contribution in [-0.2, 0) is 25.7 Å². The molecule has 0 amide bonds. The molecule has 10 nitrogen and oxygen atoms in total. The van der Waals surface area contributed by atoms with E-state index in [1.54, 1.807) is 47.8 Å². The number of aromatic nitrogens is 8. The third-order valence-electron chi connectivity index (χ3n) is 5.39. The molecule has 5 rings (SSSR count). The van der Waals surface area contributed by atoms with Gasteiger partial charge in [0.15, 0.2) is 9.58 Å². The fourth-order valence-electron chi connectivity index (χ4n) is 3.33. The summed E-state index contributed by atoms with van der Waals surface area (Å²) in [5.74, 6) is 1.57. The molecule has 0 aliphatic heterocycles. The van der Waals surface area contributed by atoms with E-state index in [4.69, 9.17) is 9.15 Å². The number of hydrogen-bond donors (Lipinski definition) is 0. The molecule has 4 aromatic heterocycles. The minimum atomic E-state index is -4.36. The van der Waals surface area contributed by atoms with Crippen molar-refractivity contribution in [2.24, 2.45) is 0 Å². The number of halogens is 5. The first-order chi connectivity index (χ1) is 20.2. The second kappa shape index (κ2) is 15.5. The van der Waals surface area contributed by atoms with Crippen molar-refractivity contribution in [3.05, 3.63) is 105 Å². The van der Waals surface area contributed by atoms with Crippen molar-refractivity contribution in [2.45, 2.75) is 38.6 Å². The van der Waals surface area contributed by atoms with Gasteiger partial charge in [-0.15, -0.1) is 5.10 Å². The molecule has 4 heterocycles. The summed E-state index contributed by atoms with van der Waals surface area (Å²) in [6.45, 7) is 0.971. The third-order valence-corrected chi connectivity index (χ3v) is 6.36. The lowest BCUT2D eigenvalue weighted by atomic mass is 10.1. The summed E-state index contributed by atoms with van der Waals surface area (Å²) in [4.78, 5) is 20.7. The molecule has 0 fully saturated rings. The lowest BCUT2D eigenvalue weighted by Gasteiger charge is -2.05. The number of hydrogen-bond acceptors (Lipinski definition) is 9. The van der Waals surface area contributed by atoms with E-state index in [0.29, 0.717) is 22.9 Å². The van der Waals surface area contributed by atoms with Crippen LogP contribution in [0, 0.1) is 3.83 Å². The largest absolute Gasteiger partial charge is 0.484 e. The van der Waals surface area contributed by atoms with E-state index in [2.05, 4.69) is 73.8 Å². The Labute approximate surface area is 260 Å². The Bertz CT molecular complexity index is 1510. The molecule has 0 aliphatic carbocycles. The topological polar surface area (TPSA) is 118 Å². The summed E-state index contributed by atoms with van der Waals surface area (Å²) >= 11 is 5.27. The zero-order valence-electron chi connectivity index (χ0n) is 21.8. The highest BCUT2D eigenvalue weighted by Crippen LogP contribution is 2.29. The van der Waals surface area contributed by atoms with Crippen LogP contribution in [0.2, 0.25) is 0 Å². The fourth-order valence-corrected chi connectivity index (χ4v) is 3.81. The molecule has 0 unspecified atom stereocenters. The number of aryl methyl sites for hydroxylation is 2. The van der Waals surface area contributed by atoms with Gasteiger partial charge >= 0.3 is 6.18 Å². The first-order valence-electron chi connectivity index (χ1n) is 12.5. The van der Waals surface area contributed by atoms with Gasteiger partial charge in [0.2, 0.25) is 5.89 Å². The smallest absolute Gasteiger partial charge is 0.416 e. The van der Waals surface area contributed by atoms with Crippen molar-refractivity contribution in [3.63, 3.8) is 0 Å². The average molecular weight is 755 g/mol. The molecule has 0 spiro atoms. The molecule has 0 aliphatic rings. The van der Waals surface area contributed by atoms with Gasteiger partial charge < -0.3 is 9.15 Å². The van der Waals surface area contributed by atoms with Gasteiger partial charge in [-0.2, -0.15) is 13.2 Å². The van der Waals surface area contributed by atoms with E-state index in [0.717, 1.165) is 52.1 Å². The van der Waals surface area contributed by atoms with Gasteiger partial charge in [0.05, 0.1) is 28.6 Å². The van der Waals surface area contributed by atoms with Crippen molar-refractivity contribution in [3.8, 4) is 5.75 Å². The van der Waals surface area contributed by atoms with Crippen LogP contribution < -0.4 is 4.74 Å². The molecule has 15 heteroatoms. The van der Waals surface area contributed by atoms with Crippen LogP contribution in [0.4, 0.5) is 13.2 Å². The highest BCUT2D eigenvalue weighted by atomic mass is 127. The van der Waals surface area contributed by atoms with E-state index in [-0.39, 0.29) is 6.61 Å². The molecule has 5 aromatic rings. The lowest BCUT2D eigenvalue weighted by Crippen LogP contribution is -2.03.